The molecule has 0 atom stereocenters. The van der Waals surface area contributed by atoms with Gasteiger partial charge in [-0.3, -0.25) is 5.10 Å². The highest BCUT2D eigenvalue weighted by Gasteiger charge is 2.13. The van der Waals surface area contributed by atoms with Crippen molar-refractivity contribution in [3.63, 3.8) is 0 Å². The van der Waals surface area contributed by atoms with Crippen LogP contribution in [0.1, 0.15) is 24.7 Å². The number of aromatic amines is 1. The summed E-state index contributed by atoms with van der Waals surface area (Å²) >= 11 is 0.957. The molecule has 2 aromatic rings. The van der Waals surface area contributed by atoms with Gasteiger partial charge in [0, 0.05) is 6.42 Å². The summed E-state index contributed by atoms with van der Waals surface area (Å²) in [6, 6.07) is 5.59. The molecule has 0 aliphatic heterocycles. The minimum atomic E-state index is -1.08. The number of benzene rings is 1. The first-order valence-corrected chi connectivity index (χ1v) is 7.20. The number of rotatable bonds is 6. The lowest BCUT2D eigenvalue weighted by molar-refractivity contribution is -0.131. The van der Waals surface area contributed by atoms with Gasteiger partial charge in [-0.15, -0.1) is 5.10 Å². The molecular weight excluding hydrogens is 293 g/mol. The summed E-state index contributed by atoms with van der Waals surface area (Å²) in [5, 5.41) is 16.3. The van der Waals surface area contributed by atoms with Gasteiger partial charge in [0.05, 0.1) is 0 Å². The van der Waals surface area contributed by atoms with Crippen LogP contribution >= 0.6 is 11.8 Å². The van der Waals surface area contributed by atoms with Gasteiger partial charge in [-0.1, -0.05) is 19.1 Å². The monoisotopic (exact) mass is 307 g/mol. The number of carbonyl (C=O) groups is 1. The van der Waals surface area contributed by atoms with E-state index in [2.05, 4.69) is 15.2 Å². The molecule has 0 aliphatic rings. The zero-order valence-electron chi connectivity index (χ0n) is 11.3. The summed E-state index contributed by atoms with van der Waals surface area (Å²) in [7, 11) is 0. The van der Waals surface area contributed by atoms with E-state index in [-0.39, 0.29) is 10.7 Å². The number of nitrogens with zero attached hydrogens (tertiary/aromatic N) is 2. The molecular formula is C14H14FN3O2S. The van der Waals surface area contributed by atoms with E-state index in [0.717, 1.165) is 30.4 Å². The quantitative estimate of drug-likeness (QED) is 0.633. The third-order valence-electron chi connectivity index (χ3n) is 2.58. The molecule has 110 valence electrons. The fourth-order valence-electron chi connectivity index (χ4n) is 1.62. The normalized spacial score (nSPS) is 11.6. The summed E-state index contributed by atoms with van der Waals surface area (Å²) in [5.74, 6) is -0.715. The van der Waals surface area contributed by atoms with Crippen molar-refractivity contribution in [1.82, 2.24) is 15.2 Å². The number of H-pyrrole nitrogens is 1. The fraction of sp³-hybridized carbons (Fsp3) is 0.214. The highest BCUT2D eigenvalue weighted by atomic mass is 32.2. The number of halogens is 1. The number of carboxylic acid groups (broad SMARTS) is 1. The minimum Gasteiger partial charge on any atom is -0.477 e. The second-order valence-electron chi connectivity index (χ2n) is 4.28. The average Bonchev–Trinajstić information content (AvgIpc) is 2.88. The number of hydrogen-bond donors (Lipinski definition) is 2. The summed E-state index contributed by atoms with van der Waals surface area (Å²) in [6.45, 7) is 2.02. The molecule has 2 N–H and O–H groups in total. The Hall–Kier alpha value is -2.15. The van der Waals surface area contributed by atoms with Crippen LogP contribution in [-0.4, -0.2) is 26.3 Å². The van der Waals surface area contributed by atoms with E-state index in [4.69, 9.17) is 0 Å². The standard InChI is InChI=1S/C14H14FN3O2S/c1-2-3-12-16-14(18-17-12)21-11(13(19)20)8-9-4-6-10(15)7-5-9/h4-8H,2-3H2,1H3,(H,19,20)(H,16,17,18)/b11-8-. The van der Waals surface area contributed by atoms with E-state index >= 15 is 0 Å². The van der Waals surface area contributed by atoms with Crippen LogP contribution in [0, 0.1) is 5.82 Å². The molecule has 1 aromatic heterocycles. The van der Waals surface area contributed by atoms with Crippen molar-refractivity contribution >= 4 is 23.8 Å². The van der Waals surface area contributed by atoms with Crippen molar-refractivity contribution in [2.45, 2.75) is 24.9 Å². The molecule has 0 amide bonds. The van der Waals surface area contributed by atoms with Crippen molar-refractivity contribution in [2.75, 3.05) is 0 Å². The lowest BCUT2D eigenvalue weighted by Gasteiger charge is -1.99. The predicted molar refractivity (Wildman–Crippen MR) is 78.2 cm³/mol. The molecule has 1 aromatic carbocycles. The number of thioether (sulfide) groups is 1. The Balaban J connectivity index is 2.18. The largest absolute Gasteiger partial charge is 0.477 e. The molecule has 1 heterocycles. The maximum absolute atomic E-state index is 12.8. The lowest BCUT2D eigenvalue weighted by Crippen LogP contribution is -1.97. The Morgan fingerprint density at radius 3 is 2.76 bits per heavy atom. The van der Waals surface area contributed by atoms with Crippen LogP contribution < -0.4 is 0 Å². The Labute approximate surface area is 125 Å². The molecule has 0 saturated heterocycles. The van der Waals surface area contributed by atoms with Gasteiger partial charge in [-0.2, -0.15) is 0 Å². The Kier molecular flexibility index (Phi) is 5.10. The molecule has 0 fully saturated rings. The van der Waals surface area contributed by atoms with E-state index in [1.54, 1.807) is 0 Å². The molecule has 0 radical (unpaired) electrons. The summed E-state index contributed by atoms with van der Waals surface area (Å²) in [4.78, 5) is 15.6. The van der Waals surface area contributed by atoms with E-state index in [0.29, 0.717) is 10.7 Å². The number of nitrogens with one attached hydrogen (secondary N) is 1. The molecule has 21 heavy (non-hydrogen) atoms. The van der Waals surface area contributed by atoms with Crippen molar-refractivity contribution in [3.8, 4) is 0 Å². The first-order chi connectivity index (χ1) is 10.1. The second kappa shape index (κ2) is 7.03. The molecule has 0 saturated carbocycles. The van der Waals surface area contributed by atoms with Crippen LogP contribution in [0.25, 0.3) is 6.08 Å². The van der Waals surface area contributed by atoms with Crippen LogP contribution in [-0.2, 0) is 11.2 Å². The molecule has 0 spiro atoms. The van der Waals surface area contributed by atoms with E-state index in [1.165, 1.54) is 30.3 Å². The van der Waals surface area contributed by atoms with Crippen molar-refractivity contribution < 1.29 is 14.3 Å². The van der Waals surface area contributed by atoms with Gasteiger partial charge in [0.2, 0.25) is 5.16 Å². The third kappa shape index (κ3) is 4.42. The smallest absolute Gasteiger partial charge is 0.342 e. The van der Waals surface area contributed by atoms with Crippen molar-refractivity contribution in [2.24, 2.45) is 0 Å². The van der Waals surface area contributed by atoms with E-state index in [1.807, 2.05) is 6.92 Å². The van der Waals surface area contributed by atoms with Gasteiger partial charge in [-0.05, 0) is 42.0 Å². The molecule has 7 heteroatoms. The first kappa shape index (κ1) is 15.2. The molecule has 0 unspecified atom stereocenters. The van der Waals surface area contributed by atoms with E-state index in [9.17, 15) is 14.3 Å². The Bertz CT molecular complexity index is 652. The number of aryl methyl sites for hydroxylation is 1. The molecule has 0 bridgehead atoms. The van der Waals surface area contributed by atoms with Gasteiger partial charge in [0.1, 0.15) is 16.5 Å². The third-order valence-corrected chi connectivity index (χ3v) is 3.46. The summed E-state index contributed by atoms with van der Waals surface area (Å²) in [6.07, 6.45) is 3.15. The van der Waals surface area contributed by atoms with Crippen LogP contribution in [0.3, 0.4) is 0 Å². The predicted octanol–water partition coefficient (Wildman–Crippen LogP) is 3.11. The minimum absolute atomic E-state index is 0.0728. The summed E-state index contributed by atoms with van der Waals surface area (Å²) < 4.78 is 12.8. The maximum atomic E-state index is 12.8. The average molecular weight is 307 g/mol. The second-order valence-corrected chi connectivity index (χ2v) is 5.29. The highest BCUT2D eigenvalue weighted by Crippen LogP contribution is 2.25. The zero-order valence-corrected chi connectivity index (χ0v) is 12.2. The number of aliphatic carboxylic acids is 1. The van der Waals surface area contributed by atoms with Crippen LogP contribution in [0.4, 0.5) is 4.39 Å². The zero-order chi connectivity index (χ0) is 15.2. The SMILES string of the molecule is CCCc1nc(S/C(=C\c2ccc(F)cc2)C(=O)O)n[nH]1. The Morgan fingerprint density at radius 2 is 2.14 bits per heavy atom. The van der Waals surface area contributed by atoms with Gasteiger partial charge in [-0.25, -0.2) is 14.2 Å². The van der Waals surface area contributed by atoms with Crippen LogP contribution in [0.2, 0.25) is 0 Å². The summed E-state index contributed by atoms with van der Waals surface area (Å²) in [5.41, 5.74) is 0.602. The number of hydrogen-bond acceptors (Lipinski definition) is 4. The van der Waals surface area contributed by atoms with Crippen LogP contribution in [0.5, 0.6) is 0 Å². The highest BCUT2D eigenvalue weighted by molar-refractivity contribution is 8.04. The first-order valence-electron chi connectivity index (χ1n) is 6.38. The van der Waals surface area contributed by atoms with Gasteiger partial charge >= 0.3 is 5.97 Å². The molecule has 2 rings (SSSR count). The number of aromatic nitrogens is 3. The topological polar surface area (TPSA) is 78.9 Å². The molecule has 5 nitrogen and oxygen atoms in total. The van der Waals surface area contributed by atoms with Crippen LogP contribution in [0.15, 0.2) is 34.3 Å². The maximum Gasteiger partial charge on any atom is 0.342 e. The Morgan fingerprint density at radius 1 is 1.43 bits per heavy atom. The van der Waals surface area contributed by atoms with Gasteiger partial charge in [0.25, 0.3) is 0 Å². The van der Waals surface area contributed by atoms with E-state index < -0.39 is 5.97 Å². The fourth-order valence-corrected chi connectivity index (χ4v) is 2.34. The lowest BCUT2D eigenvalue weighted by atomic mass is 10.2. The van der Waals surface area contributed by atoms with Crippen molar-refractivity contribution in [3.05, 3.63) is 46.4 Å². The van der Waals surface area contributed by atoms with Crippen molar-refractivity contribution in [1.29, 1.82) is 0 Å². The molecule has 0 aliphatic carbocycles. The van der Waals surface area contributed by atoms with Gasteiger partial charge in [0.15, 0.2) is 0 Å². The number of carboxylic acids is 1. The van der Waals surface area contributed by atoms with Gasteiger partial charge < -0.3 is 5.11 Å².